The maximum Gasteiger partial charge on any atom is 0.273 e. The molecule has 0 spiro atoms. The van der Waals surface area contributed by atoms with E-state index in [-0.39, 0.29) is 11.9 Å². The number of benzene rings is 1. The summed E-state index contributed by atoms with van der Waals surface area (Å²) in [5, 5.41) is 6.86. The molecular formula is C17H15N3O2. The number of nitrogens with one attached hydrogen (secondary N) is 1. The first-order chi connectivity index (χ1) is 10.8. The molecule has 1 aliphatic carbocycles. The third kappa shape index (κ3) is 2.41. The van der Waals surface area contributed by atoms with Crippen LogP contribution < -0.4 is 5.32 Å². The van der Waals surface area contributed by atoms with E-state index in [1.54, 1.807) is 6.07 Å². The second-order valence-corrected chi connectivity index (χ2v) is 5.46. The molecule has 1 aromatic carbocycles. The highest BCUT2D eigenvalue weighted by molar-refractivity contribution is 5.93. The largest absolute Gasteiger partial charge is 0.355 e. The van der Waals surface area contributed by atoms with E-state index in [1.807, 2.05) is 54.9 Å². The topological polar surface area (TPSA) is 60.1 Å². The molecule has 1 aliphatic rings. The molecular weight excluding hydrogens is 278 g/mol. The van der Waals surface area contributed by atoms with E-state index in [4.69, 9.17) is 4.52 Å². The van der Waals surface area contributed by atoms with Gasteiger partial charge in [0.05, 0.1) is 12.1 Å². The summed E-state index contributed by atoms with van der Waals surface area (Å²) in [5.74, 6) is 0.411. The van der Waals surface area contributed by atoms with E-state index in [1.165, 1.54) is 0 Å². The van der Waals surface area contributed by atoms with Crippen molar-refractivity contribution in [3.63, 3.8) is 0 Å². The van der Waals surface area contributed by atoms with Gasteiger partial charge in [-0.1, -0.05) is 35.5 Å². The molecule has 3 aromatic rings. The first-order valence-electron chi connectivity index (χ1n) is 7.27. The molecule has 0 unspecified atom stereocenters. The van der Waals surface area contributed by atoms with Gasteiger partial charge >= 0.3 is 0 Å². The van der Waals surface area contributed by atoms with Crippen LogP contribution in [0.2, 0.25) is 0 Å². The van der Waals surface area contributed by atoms with Gasteiger partial charge in [0.1, 0.15) is 0 Å². The standard InChI is InChI=1S/C17H15N3O2/c21-17(18-13-10-15(13)20-8-4-5-9-20)14-11-16(22-19-14)12-6-2-1-3-7-12/h1-9,11,13,15H,10H2,(H,18,21)/t13-,15-/m0/s1. The first kappa shape index (κ1) is 12.9. The number of aromatic nitrogens is 2. The van der Waals surface area contributed by atoms with Crippen molar-refractivity contribution in [2.24, 2.45) is 0 Å². The van der Waals surface area contributed by atoms with Gasteiger partial charge in [-0.05, 0) is 18.6 Å². The molecule has 1 N–H and O–H groups in total. The molecule has 0 saturated heterocycles. The average Bonchev–Trinajstić information content (AvgIpc) is 3.02. The molecule has 22 heavy (non-hydrogen) atoms. The summed E-state index contributed by atoms with van der Waals surface area (Å²) in [6.07, 6.45) is 4.98. The lowest BCUT2D eigenvalue weighted by atomic mass is 10.1. The fourth-order valence-corrected chi connectivity index (χ4v) is 2.60. The number of amides is 1. The molecule has 1 amide bonds. The Hall–Kier alpha value is -2.82. The number of carbonyl (C=O) groups excluding carboxylic acids is 1. The second-order valence-electron chi connectivity index (χ2n) is 5.46. The maximum absolute atomic E-state index is 12.2. The highest BCUT2D eigenvalue weighted by Crippen LogP contribution is 2.35. The molecule has 2 heterocycles. The molecule has 2 atom stereocenters. The van der Waals surface area contributed by atoms with Crippen molar-refractivity contribution in [2.45, 2.75) is 18.5 Å². The van der Waals surface area contributed by atoms with Crippen molar-refractivity contribution in [2.75, 3.05) is 0 Å². The average molecular weight is 293 g/mol. The molecule has 0 radical (unpaired) electrons. The van der Waals surface area contributed by atoms with Crippen molar-refractivity contribution in [3.05, 3.63) is 66.6 Å². The van der Waals surface area contributed by atoms with Crippen molar-refractivity contribution in [3.8, 4) is 11.3 Å². The van der Waals surface area contributed by atoms with Gasteiger partial charge in [-0.2, -0.15) is 0 Å². The number of nitrogens with zero attached hydrogens (tertiary/aromatic N) is 2. The van der Waals surface area contributed by atoms with Crippen LogP contribution in [-0.2, 0) is 0 Å². The summed E-state index contributed by atoms with van der Waals surface area (Å²) in [7, 11) is 0. The summed E-state index contributed by atoms with van der Waals surface area (Å²) in [6, 6.07) is 15.8. The Bertz CT molecular complexity index is 777. The minimum Gasteiger partial charge on any atom is -0.355 e. The Labute approximate surface area is 127 Å². The van der Waals surface area contributed by atoms with E-state index < -0.39 is 0 Å². The highest BCUT2D eigenvalue weighted by atomic mass is 16.5. The molecule has 5 heteroatoms. The minimum atomic E-state index is -0.189. The third-order valence-electron chi connectivity index (χ3n) is 3.88. The van der Waals surface area contributed by atoms with E-state index in [0.29, 0.717) is 17.5 Å². The van der Waals surface area contributed by atoms with Gasteiger partial charge in [-0.15, -0.1) is 0 Å². The van der Waals surface area contributed by atoms with Crippen LogP contribution in [0.5, 0.6) is 0 Å². The monoisotopic (exact) mass is 293 g/mol. The van der Waals surface area contributed by atoms with Crippen LogP contribution >= 0.6 is 0 Å². The Morgan fingerprint density at radius 2 is 1.95 bits per heavy atom. The van der Waals surface area contributed by atoms with Crippen molar-refractivity contribution >= 4 is 5.91 Å². The smallest absolute Gasteiger partial charge is 0.273 e. The number of hydrogen-bond donors (Lipinski definition) is 1. The predicted molar refractivity (Wildman–Crippen MR) is 81.3 cm³/mol. The molecule has 4 rings (SSSR count). The summed E-state index contributed by atoms with van der Waals surface area (Å²) in [6.45, 7) is 0. The van der Waals surface area contributed by atoms with Crippen LogP contribution in [0.25, 0.3) is 11.3 Å². The lowest BCUT2D eigenvalue weighted by molar-refractivity contribution is 0.0940. The summed E-state index contributed by atoms with van der Waals surface area (Å²) in [5.41, 5.74) is 1.22. The van der Waals surface area contributed by atoms with Crippen LogP contribution in [-0.4, -0.2) is 21.7 Å². The van der Waals surface area contributed by atoms with E-state index in [9.17, 15) is 4.79 Å². The van der Waals surface area contributed by atoms with E-state index in [2.05, 4.69) is 15.0 Å². The van der Waals surface area contributed by atoms with Gasteiger partial charge < -0.3 is 14.4 Å². The Balaban J connectivity index is 1.43. The zero-order valence-corrected chi connectivity index (χ0v) is 11.8. The van der Waals surface area contributed by atoms with Gasteiger partial charge in [0.15, 0.2) is 11.5 Å². The van der Waals surface area contributed by atoms with Crippen LogP contribution in [0, 0.1) is 0 Å². The fraction of sp³-hybridized carbons (Fsp3) is 0.176. The minimum absolute atomic E-state index is 0.164. The summed E-state index contributed by atoms with van der Waals surface area (Å²) >= 11 is 0. The van der Waals surface area contributed by atoms with E-state index >= 15 is 0 Å². The van der Waals surface area contributed by atoms with Gasteiger partial charge in [0.2, 0.25) is 0 Å². The number of carbonyl (C=O) groups is 1. The van der Waals surface area contributed by atoms with Crippen LogP contribution in [0.3, 0.4) is 0 Å². The Morgan fingerprint density at radius 1 is 1.18 bits per heavy atom. The second kappa shape index (κ2) is 5.18. The molecule has 1 fully saturated rings. The quantitative estimate of drug-likeness (QED) is 0.804. The molecule has 2 aromatic heterocycles. The molecule has 5 nitrogen and oxygen atoms in total. The molecule has 0 aliphatic heterocycles. The lowest BCUT2D eigenvalue weighted by Gasteiger charge is -2.03. The van der Waals surface area contributed by atoms with Crippen LogP contribution in [0.4, 0.5) is 0 Å². The number of rotatable bonds is 4. The summed E-state index contributed by atoms with van der Waals surface area (Å²) in [4.78, 5) is 12.2. The van der Waals surface area contributed by atoms with Gasteiger partial charge in [-0.25, -0.2) is 0 Å². The van der Waals surface area contributed by atoms with Crippen LogP contribution in [0.1, 0.15) is 23.0 Å². The van der Waals surface area contributed by atoms with Gasteiger partial charge in [0, 0.05) is 24.0 Å². The zero-order valence-electron chi connectivity index (χ0n) is 11.8. The first-order valence-corrected chi connectivity index (χ1v) is 7.27. The zero-order chi connectivity index (χ0) is 14.9. The van der Waals surface area contributed by atoms with Crippen molar-refractivity contribution < 1.29 is 9.32 Å². The normalized spacial score (nSPS) is 19.8. The van der Waals surface area contributed by atoms with Crippen molar-refractivity contribution in [1.29, 1.82) is 0 Å². The van der Waals surface area contributed by atoms with E-state index in [0.717, 1.165) is 12.0 Å². The Morgan fingerprint density at radius 3 is 2.73 bits per heavy atom. The molecule has 1 saturated carbocycles. The lowest BCUT2D eigenvalue weighted by Crippen LogP contribution is -2.27. The maximum atomic E-state index is 12.2. The SMILES string of the molecule is O=C(N[C@H]1C[C@@H]1n1cccc1)c1cc(-c2ccccc2)on1. The third-order valence-corrected chi connectivity index (χ3v) is 3.88. The highest BCUT2D eigenvalue weighted by Gasteiger charge is 2.39. The molecule has 110 valence electrons. The molecule has 0 bridgehead atoms. The summed E-state index contributed by atoms with van der Waals surface area (Å²) < 4.78 is 7.37. The number of hydrogen-bond acceptors (Lipinski definition) is 3. The van der Waals surface area contributed by atoms with Crippen LogP contribution in [0.15, 0.2) is 65.4 Å². The predicted octanol–water partition coefficient (Wildman–Crippen LogP) is 2.89. The van der Waals surface area contributed by atoms with Gasteiger partial charge in [0.25, 0.3) is 5.91 Å². The van der Waals surface area contributed by atoms with Crippen molar-refractivity contribution in [1.82, 2.24) is 15.0 Å². The van der Waals surface area contributed by atoms with Gasteiger partial charge in [-0.3, -0.25) is 4.79 Å². The fourth-order valence-electron chi connectivity index (χ4n) is 2.60. The Kier molecular flexibility index (Phi) is 3.04.